The highest BCUT2D eigenvalue weighted by atomic mass is 15.4. The van der Waals surface area contributed by atoms with Gasteiger partial charge in [-0.2, -0.15) is 0 Å². The Morgan fingerprint density at radius 3 is 3.15 bits per heavy atom. The average Bonchev–Trinajstić information content (AvgIpc) is 2.65. The Bertz CT molecular complexity index is 570. The molecule has 3 rings (SSSR count). The van der Waals surface area contributed by atoms with Crippen LogP contribution in [0.1, 0.15) is 0 Å². The van der Waals surface area contributed by atoms with Crippen LogP contribution in [0.25, 0.3) is 16.3 Å². The smallest absolute Gasteiger partial charge is 0.0958 e. The fourth-order valence-corrected chi connectivity index (χ4v) is 1.46. The highest BCUT2D eigenvalue weighted by Gasteiger charge is 1.99. The van der Waals surface area contributed by atoms with Crippen LogP contribution < -0.4 is 0 Å². The van der Waals surface area contributed by atoms with E-state index in [1.54, 1.807) is 16.9 Å². The minimum atomic E-state index is 0.991. The minimum absolute atomic E-state index is 0.991. The maximum Gasteiger partial charge on any atom is 0.0958 e. The lowest BCUT2D eigenvalue weighted by atomic mass is 10.2. The van der Waals surface area contributed by atoms with Crippen LogP contribution >= 0.6 is 0 Å². The van der Waals surface area contributed by atoms with E-state index in [9.17, 15) is 0 Å². The second-order valence-corrected chi connectivity index (χ2v) is 2.84. The Morgan fingerprint density at radius 1 is 1.15 bits per heavy atom. The summed E-state index contributed by atoms with van der Waals surface area (Å²) >= 11 is 0. The lowest BCUT2D eigenvalue weighted by molar-refractivity contribution is 0.858. The van der Waals surface area contributed by atoms with Crippen molar-refractivity contribution < 1.29 is 0 Å². The van der Waals surface area contributed by atoms with Gasteiger partial charge in [-0.1, -0.05) is 5.21 Å². The fourth-order valence-electron chi connectivity index (χ4n) is 1.46. The zero-order valence-corrected chi connectivity index (χ0v) is 6.75. The van der Waals surface area contributed by atoms with Crippen molar-refractivity contribution in [3.8, 4) is 0 Å². The summed E-state index contributed by atoms with van der Waals surface area (Å²) in [6.45, 7) is 0. The second-order valence-electron chi connectivity index (χ2n) is 2.84. The molecule has 0 spiro atoms. The molecular weight excluding hydrogens is 164 g/mol. The SMILES string of the molecule is c1cc2ccn3nncc3c2cn1. The van der Waals surface area contributed by atoms with Crippen molar-refractivity contribution in [2.45, 2.75) is 0 Å². The molecule has 0 amide bonds. The summed E-state index contributed by atoms with van der Waals surface area (Å²) < 4.78 is 1.74. The molecule has 0 aromatic carbocycles. The number of hydrogen-bond donors (Lipinski definition) is 0. The van der Waals surface area contributed by atoms with Gasteiger partial charge >= 0.3 is 0 Å². The zero-order chi connectivity index (χ0) is 8.67. The first-order chi connectivity index (χ1) is 6.45. The third-order valence-corrected chi connectivity index (χ3v) is 2.10. The molecule has 13 heavy (non-hydrogen) atoms. The molecule has 0 aliphatic rings. The molecule has 0 unspecified atom stereocenters. The number of hydrogen-bond acceptors (Lipinski definition) is 3. The van der Waals surface area contributed by atoms with Crippen molar-refractivity contribution in [1.29, 1.82) is 0 Å². The predicted octanol–water partition coefficient (Wildman–Crippen LogP) is 1.28. The first kappa shape index (κ1) is 6.54. The van der Waals surface area contributed by atoms with Crippen molar-refractivity contribution in [3.63, 3.8) is 0 Å². The fraction of sp³-hybridized carbons (Fsp3) is 0. The van der Waals surface area contributed by atoms with Crippen LogP contribution in [0.2, 0.25) is 0 Å². The first-order valence-corrected chi connectivity index (χ1v) is 3.98. The third-order valence-electron chi connectivity index (χ3n) is 2.10. The van der Waals surface area contributed by atoms with Crippen LogP contribution in [-0.4, -0.2) is 19.8 Å². The van der Waals surface area contributed by atoms with Gasteiger partial charge in [-0.25, -0.2) is 4.52 Å². The Kier molecular flexibility index (Phi) is 1.14. The number of aromatic nitrogens is 4. The van der Waals surface area contributed by atoms with Gasteiger partial charge in [0.1, 0.15) is 0 Å². The summed E-state index contributed by atoms with van der Waals surface area (Å²) in [5.41, 5.74) is 0.991. The Labute approximate surface area is 73.8 Å². The van der Waals surface area contributed by atoms with Crippen LogP contribution in [0.5, 0.6) is 0 Å². The van der Waals surface area contributed by atoms with Gasteiger partial charge < -0.3 is 0 Å². The lowest BCUT2D eigenvalue weighted by Gasteiger charge is -1.97. The van der Waals surface area contributed by atoms with Crippen LogP contribution in [-0.2, 0) is 0 Å². The molecule has 3 aromatic rings. The maximum absolute atomic E-state index is 4.07. The first-order valence-electron chi connectivity index (χ1n) is 3.98. The van der Waals surface area contributed by atoms with Gasteiger partial charge in [0.2, 0.25) is 0 Å². The molecule has 0 bridgehead atoms. The van der Waals surface area contributed by atoms with Crippen LogP contribution in [0, 0.1) is 0 Å². The Balaban J connectivity index is 2.65. The van der Waals surface area contributed by atoms with Crippen LogP contribution in [0.4, 0.5) is 0 Å². The summed E-state index contributed by atoms with van der Waals surface area (Å²) in [6, 6.07) is 3.97. The molecule has 3 aromatic heterocycles. The highest BCUT2D eigenvalue weighted by Crippen LogP contribution is 2.16. The van der Waals surface area contributed by atoms with E-state index in [0.717, 1.165) is 16.3 Å². The maximum atomic E-state index is 4.07. The Morgan fingerprint density at radius 2 is 2.15 bits per heavy atom. The van der Waals surface area contributed by atoms with E-state index in [1.165, 1.54) is 0 Å². The van der Waals surface area contributed by atoms with Crippen molar-refractivity contribution in [2.24, 2.45) is 0 Å². The van der Waals surface area contributed by atoms with Gasteiger partial charge in [0.15, 0.2) is 0 Å². The van der Waals surface area contributed by atoms with Gasteiger partial charge in [-0.15, -0.1) is 5.10 Å². The molecule has 0 saturated heterocycles. The van der Waals surface area contributed by atoms with E-state index in [1.807, 2.05) is 24.5 Å². The van der Waals surface area contributed by atoms with Crippen molar-refractivity contribution in [1.82, 2.24) is 19.8 Å². The van der Waals surface area contributed by atoms with E-state index in [-0.39, 0.29) is 0 Å². The highest BCUT2D eigenvalue weighted by molar-refractivity contribution is 5.94. The molecule has 0 fully saturated rings. The largest absolute Gasteiger partial charge is 0.264 e. The van der Waals surface area contributed by atoms with E-state index in [2.05, 4.69) is 15.3 Å². The van der Waals surface area contributed by atoms with Gasteiger partial charge in [-0.3, -0.25) is 4.98 Å². The quantitative estimate of drug-likeness (QED) is 0.510. The van der Waals surface area contributed by atoms with E-state index >= 15 is 0 Å². The van der Waals surface area contributed by atoms with Crippen molar-refractivity contribution in [2.75, 3.05) is 0 Å². The normalized spacial score (nSPS) is 11.1. The summed E-state index contributed by atoms with van der Waals surface area (Å²) in [5.74, 6) is 0. The number of pyridine rings is 2. The molecule has 0 aliphatic heterocycles. The van der Waals surface area contributed by atoms with Crippen molar-refractivity contribution >= 4 is 16.3 Å². The molecule has 0 saturated carbocycles. The zero-order valence-electron chi connectivity index (χ0n) is 6.75. The van der Waals surface area contributed by atoms with Crippen LogP contribution in [0.15, 0.2) is 36.9 Å². The molecule has 0 atom stereocenters. The summed E-state index contributed by atoms with van der Waals surface area (Å²) in [4.78, 5) is 4.07. The van der Waals surface area contributed by atoms with E-state index in [0.29, 0.717) is 0 Å². The third kappa shape index (κ3) is 0.823. The predicted molar refractivity (Wildman–Crippen MR) is 48.3 cm³/mol. The second kappa shape index (κ2) is 2.26. The van der Waals surface area contributed by atoms with Gasteiger partial charge in [-0.05, 0) is 17.5 Å². The lowest BCUT2D eigenvalue weighted by Crippen LogP contribution is -1.87. The average molecular weight is 170 g/mol. The molecule has 62 valence electrons. The molecule has 0 radical (unpaired) electrons. The minimum Gasteiger partial charge on any atom is -0.264 e. The topological polar surface area (TPSA) is 43.1 Å². The summed E-state index contributed by atoms with van der Waals surface area (Å²) in [6.07, 6.45) is 7.24. The van der Waals surface area contributed by atoms with E-state index in [4.69, 9.17) is 0 Å². The van der Waals surface area contributed by atoms with Gasteiger partial charge in [0.25, 0.3) is 0 Å². The molecule has 4 nitrogen and oxygen atoms in total. The summed E-state index contributed by atoms with van der Waals surface area (Å²) in [5, 5.41) is 9.98. The van der Waals surface area contributed by atoms with Gasteiger partial charge in [0, 0.05) is 24.0 Å². The summed E-state index contributed by atoms with van der Waals surface area (Å²) in [7, 11) is 0. The molecular formula is C9H6N4. The van der Waals surface area contributed by atoms with Crippen molar-refractivity contribution in [3.05, 3.63) is 36.9 Å². The molecule has 0 aliphatic carbocycles. The molecule has 3 heterocycles. The van der Waals surface area contributed by atoms with Crippen LogP contribution in [0.3, 0.4) is 0 Å². The van der Waals surface area contributed by atoms with Gasteiger partial charge in [0.05, 0.1) is 11.7 Å². The number of fused-ring (bicyclic) bond motifs is 3. The number of nitrogens with zero attached hydrogens (tertiary/aromatic N) is 4. The molecule has 0 N–H and O–H groups in total. The Hall–Kier alpha value is -1.97. The van der Waals surface area contributed by atoms with E-state index < -0.39 is 0 Å². The molecule has 4 heteroatoms. The monoisotopic (exact) mass is 170 g/mol. The number of rotatable bonds is 0. The standard InChI is InChI=1S/C9H6N4/c1-3-10-5-8-7(1)2-4-13-9(8)6-11-12-13/h1-6H.